The molecule has 0 bridgehead atoms. The van der Waals surface area contributed by atoms with Gasteiger partial charge in [0.2, 0.25) is 0 Å². The maximum atomic E-state index is 6.27. The molecule has 4 heteroatoms. The fourth-order valence-corrected chi connectivity index (χ4v) is 3.05. The first-order valence-electron chi connectivity index (χ1n) is 7.20. The highest BCUT2D eigenvalue weighted by Crippen LogP contribution is 2.37. The van der Waals surface area contributed by atoms with Gasteiger partial charge in [0, 0.05) is 13.1 Å². The van der Waals surface area contributed by atoms with Gasteiger partial charge in [-0.2, -0.15) is 0 Å². The van der Waals surface area contributed by atoms with Crippen LogP contribution in [0.2, 0.25) is 0 Å². The first-order chi connectivity index (χ1) is 9.24. The SMILES string of the molecule is CCOc1cccc(N2CC(C)(C)OC(C)(C)C2)c1N. The number of rotatable bonds is 3. The first-order valence-corrected chi connectivity index (χ1v) is 7.20. The Labute approximate surface area is 121 Å². The number of hydrogen-bond donors (Lipinski definition) is 1. The molecule has 1 heterocycles. The average molecular weight is 278 g/mol. The standard InChI is InChI=1S/C16H26N2O2/c1-6-19-13-9-7-8-12(14(13)17)18-10-15(2,3)20-16(4,5)11-18/h7-9H,6,10-11,17H2,1-5H3. The van der Waals surface area contributed by atoms with Crippen molar-refractivity contribution in [3.8, 4) is 5.75 Å². The minimum absolute atomic E-state index is 0.199. The van der Waals surface area contributed by atoms with E-state index < -0.39 is 0 Å². The third-order valence-corrected chi connectivity index (χ3v) is 3.38. The Hall–Kier alpha value is -1.42. The zero-order chi connectivity index (χ0) is 15.0. The van der Waals surface area contributed by atoms with Crippen LogP contribution >= 0.6 is 0 Å². The molecule has 0 saturated carbocycles. The predicted molar refractivity (Wildman–Crippen MR) is 83.5 cm³/mol. The smallest absolute Gasteiger partial charge is 0.144 e. The summed E-state index contributed by atoms with van der Waals surface area (Å²) in [5.41, 5.74) is 7.61. The summed E-state index contributed by atoms with van der Waals surface area (Å²) in [6, 6.07) is 5.96. The lowest BCUT2D eigenvalue weighted by Crippen LogP contribution is -2.57. The molecule has 0 radical (unpaired) electrons. The van der Waals surface area contributed by atoms with E-state index in [2.05, 4.69) is 38.7 Å². The second kappa shape index (κ2) is 5.17. The lowest BCUT2D eigenvalue weighted by atomic mass is 9.98. The molecule has 20 heavy (non-hydrogen) atoms. The fraction of sp³-hybridized carbons (Fsp3) is 0.625. The molecule has 0 amide bonds. The second-order valence-electron chi connectivity index (χ2n) is 6.60. The highest BCUT2D eigenvalue weighted by atomic mass is 16.5. The van der Waals surface area contributed by atoms with Gasteiger partial charge in [-0.25, -0.2) is 0 Å². The first kappa shape index (κ1) is 15.0. The van der Waals surface area contributed by atoms with Crippen molar-refractivity contribution < 1.29 is 9.47 Å². The largest absolute Gasteiger partial charge is 0.492 e. The van der Waals surface area contributed by atoms with E-state index in [1.54, 1.807) is 0 Å². The number of hydrogen-bond acceptors (Lipinski definition) is 4. The molecule has 1 fully saturated rings. The van der Waals surface area contributed by atoms with E-state index in [4.69, 9.17) is 15.2 Å². The number of anilines is 2. The zero-order valence-corrected chi connectivity index (χ0v) is 13.2. The molecule has 4 nitrogen and oxygen atoms in total. The molecule has 0 aromatic heterocycles. The number of benzene rings is 1. The highest BCUT2D eigenvalue weighted by Gasteiger charge is 2.38. The van der Waals surface area contributed by atoms with Gasteiger partial charge < -0.3 is 20.1 Å². The maximum absolute atomic E-state index is 6.27. The van der Waals surface area contributed by atoms with E-state index in [1.807, 2.05) is 19.1 Å². The summed E-state index contributed by atoms with van der Waals surface area (Å²) >= 11 is 0. The third kappa shape index (κ3) is 3.18. The molecule has 2 rings (SSSR count). The van der Waals surface area contributed by atoms with Crippen molar-refractivity contribution in [1.29, 1.82) is 0 Å². The minimum Gasteiger partial charge on any atom is -0.492 e. The number of ether oxygens (including phenoxy) is 2. The van der Waals surface area contributed by atoms with Gasteiger partial charge in [-0.15, -0.1) is 0 Å². The van der Waals surface area contributed by atoms with Gasteiger partial charge in [0.1, 0.15) is 5.75 Å². The van der Waals surface area contributed by atoms with E-state index in [0.29, 0.717) is 12.3 Å². The van der Waals surface area contributed by atoms with Crippen molar-refractivity contribution in [3.05, 3.63) is 18.2 Å². The number of morpholine rings is 1. The van der Waals surface area contributed by atoms with Gasteiger partial charge in [0.05, 0.1) is 29.2 Å². The van der Waals surface area contributed by atoms with Crippen LogP contribution in [-0.2, 0) is 4.74 Å². The molecule has 0 unspecified atom stereocenters. The summed E-state index contributed by atoms with van der Waals surface area (Å²) in [6.07, 6.45) is 0. The van der Waals surface area contributed by atoms with Crippen LogP contribution in [0.4, 0.5) is 11.4 Å². The molecule has 0 spiro atoms. The number of nitrogen functional groups attached to an aromatic ring is 1. The van der Waals surface area contributed by atoms with Crippen molar-refractivity contribution in [1.82, 2.24) is 0 Å². The normalized spacial score (nSPS) is 20.8. The molecule has 1 aromatic carbocycles. The molecule has 0 atom stereocenters. The van der Waals surface area contributed by atoms with Crippen molar-refractivity contribution in [2.24, 2.45) is 0 Å². The number of nitrogens with zero attached hydrogens (tertiary/aromatic N) is 1. The number of para-hydroxylation sites is 1. The minimum atomic E-state index is -0.199. The van der Waals surface area contributed by atoms with Crippen LogP contribution in [0.25, 0.3) is 0 Å². The van der Waals surface area contributed by atoms with Gasteiger partial charge in [0.25, 0.3) is 0 Å². The van der Waals surface area contributed by atoms with Crippen molar-refractivity contribution in [2.45, 2.75) is 45.8 Å². The predicted octanol–water partition coefficient (Wildman–Crippen LogP) is 3.06. The summed E-state index contributed by atoms with van der Waals surface area (Å²) < 4.78 is 11.7. The van der Waals surface area contributed by atoms with Crippen LogP contribution in [0, 0.1) is 0 Å². The third-order valence-electron chi connectivity index (χ3n) is 3.38. The van der Waals surface area contributed by atoms with Crippen LogP contribution < -0.4 is 15.4 Å². The molecule has 1 aromatic rings. The van der Waals surface area contributed by atoms with Crippen LogP contribution in [0.1, 0.15) is 34.6 Å². The van der Waals surface area contributed by atoms with Gasteiger partial charge in [-0.3, -0.25) is 0 Å². The zero-order valence-electron chi connectivity index (χ0n) is 13.2. The van der Waals surface area contributed by atoms with Gasteiger partial charge in [0.15, 0.2) is 0 Å². The van der Waals surface area contributed by atoms with Crippen LogP contribution in [0.3, 0.4) is 0 Å². The van der Waals surface area contributed by atoms with E-state index in [1.165, 1.54) is 0 Å². The molecule has 112 valence electrons. The second-order valence-corrected chi connectivity index (χ2v) is 6.60. The topological polar surface area (TPSA) is 47.7 Å². The molecular formula is C16H26N2O2. The summed E-state index contributed by atoms with van der Waals surface area (Å²) in [5, 5.41) is 0. The maximum Gasteiger partial charge on any atom is 0.144 e. The Bertz CT molecular complexity index is 467. The Morgan fingerprint density at radius 3 is 2.35 bits per heavy atom. The lowest BCUT2D eigenvalue weighted by Gasteiger charge is -2.48. The summed E-state index contributed by atoms with van der Waals surface area (Å²) in [4.78, 5) is 2.29. The monoisotopic (exact) mass is 278 g/mol. The lowest BCUT2D eigenvalue weighted by molar-refractivity contribution is -0.133. The van der Waals surface area contributed by atoms with E-state index in [0.717, 1.165) is 24.5 Å². The molecule has 2 N–H and O–H groups in total. The van der Waals surface area contributed by atoms with Crippen LogP contribution in [0.5, 0.6) is 5.75 Å². The Kier molecular flexibility index (Phi) is 3.87. The molecule has 0 aliphatic carbocycles. The summed E-state index contributed by atoms with van der Waals surface area (Å²) in [6.45, 7) is 12.7. The highest BCUT2D eigenvalue weighted by molar-refractivity contribution is 5.74. The Balaban J connectivity index is 2.33. The summed E-state index contributed by atoms with van der Waals surface area (Å²) in [5.74, 6) is 0.757. The van der Waals surface area contributed by atoms with Gasteiger partial charge in [-0.1, -0.05) is 6.07 Å². The fourth-order valence-electron chi connectivity index (χ4n) is 3.05. The van der Waals surface area contributed by atoms with Crippen LogP contribution in [-0.4, -0.2) is 30.9 Å². The van der Waals surface area contributed by atoms with Crippen molar-refractivity contribution >= 4 is 11.4 Å². The molecule has 1 saturated heterocycles. The van der Waals surface area contributed by atoms with Gasteiger partial charge in [-0.05, 0) is 46.8 Å². The Morgan fingerprint density at radius 1 is 1.20 bits per heavy atom. The van der Waals surface area contributed by atoms with E-state index >= 15 is 0 Å². The molecular weight excluding hydrogens is 252 g/mol. The van der Waals surface area contributed by atoms with Crippen molar-refractivity contribution in [2.75, 3.05) is 30.3 Å². The molecule has 1 aliphatic heterocycles. The summed E-state index contributed by atoms with van der Waals surface area (Å²) in [7, 11) is 0. The number of nitrogens with two attached hydrogens (primary N) is 1. The van der Waals surface area contributed by atoms with Crippen LogP contribution in [0.15, 0.2) is 18.2 Å². The van der Waals surface area contributed by atoms with Gasteiger partial charge >= 0.3 is 0 Å². The average Bonchev–Trinajstić information content (AvgIpc) is 2.28. The van der Waals surface area contributed by atoms with Crippen molar-refractivity contribution in [3.63, 3.8) is 0 Å². The Morgan fingerprint density at radius 2 is 1.80 bits per heavy atom. The molecule has 1 aliphatic rings. The van der Waals surface area contributed by atoms with E-state index in [-0.39, 0.29) is 11.2 Å². The quantitative estimate of drug-likeness (QED) is 0.863. The van der Waals surface area contributed by atoms with E-state index in [9.17, 15) is 0 Å².